The van der Waals surface area contributed by atoms with Crippen LogP contribution in [0.15, 0.2) is 29.4 Å². The summed E-state index contributed by atoms with van der Waals surface area (Å²) in [5.74, 6) is -1.07. The van der Waals surface area contributed by atoms with Crippen LogP contribution in [0.5, 0.6) is 0 Å². The summed E-state index contributed by atoms with van der Waals surface area (Å²) in [6.45, 7) is 0.649. The number of carboxylic acid groups (broad SMARTS) is 1. The number of aromatic carboxylic acids is 1. The average Bonchev–Trinajstić information content (AvgIpc) is 3.17. The van der Waals surface area contributed by atoms with Crippen LogP contribution in [0, 0.1) is 0 Å². The Kier molecular flexibility index (Phi) is 3.19. The molecule has 2 aliphatic rings. The second kappa shape index (κ2) is 5.13. The number of aromatic nitrogens is 2. The lowest BCUT2D eigenvalue weighted by molar-refractivity contribution is 0.0672. The highest BCUT2D eigenvalue weighted by molar-refractivity contribution is 7.98. The summed E-state index contributed by atoms with van der Waals surface area (Å²) in [5, 5.41) is 9.47. The number of carbonyl (C=O) groups excluding carboxylic acids is 1. The molecule has 0 radical (unpaired) electrons. The lowest BCUT2D eigenvalue weighted by Crippen LogP contribution is -2.30. The second-order valence-electron chi connectivity index (χ2n) is 5.66. The molecule has 7 heteroatoms. The van der Waals surface area contributed by atoms with Gasteiger partial charge in [0.2, 0.25) is 0 Å². The van der Waals surface area contributed by atoms with Gasteiger partial charge in [-0.1, -0.05) is 6.07 Å². The van der Waals surface area contributed by atoms with Crippen LogP contribution in [0.2, 0.25) is 0 Å². The van der Waals surface area contributed by atoms with Gasteiger partial charge in [-0.25, -0.2) is 9.78 Å². The fraction of sp³-hybridized carbons (Fsp3) is 0.312. The van der Waals surface area contributed by atoms with Crippen molar-refractivity contribution < 1.29 is 14.7 Å². The number of hydrogen-bond acceptors (Lipinski definition) is 4. The van der Waals surface area contributed by atoms with Gasteiger partial charge in [0.1, 0.15) is 6.33 Å². The van der Waals surface area contributed by atoms with Gasteiger partial charge in [-0.15, -0.1) is 11.8 Å². The predicted molar refractivity (Wildman–Crippen MR) is 85.3 cm³/mol. The Labute approximate surface area is 137 Å². The summed E-state index contributed by atoms with van der Waals surface area (Å²) >= 11 is 1.52. The lowest BCUT2D eigenvalue weighted by Gasteiger charge is -2.23. The molecule has 2 aliphatic heterocycles. The molecule has 1 aromatic carbocycles. The van der Waals surface area contributed by atoms with Gasteiger partial charge in [0.25, 0.3) is 5.91 Å². The molecule has 0 aliphatic carbocycles. The van der Waals surface area contributed by atoms with Crippen molar-refractivity contribution in [3.8, 4) is 5.69 Å². The minimum atomic E-state index is -1.05. The summed E-state index contributed by atoms with van der Waals surface area (Å²) < 4.78 is 1.78. The maximum absolute atomic E-state index is 13.1. The Morgan fingerprint density at radius 3 is 3.00 bits per heavy atom. The van der Waals surface area contributed by atoms with E-state index in [9.17, 15) is 14.7 Å². The molecule has 1 amide bonds. The number of benzene rings is 1. The van der Waals surface area contributed by atoms with E-state index < -0.39 is 5.97 Å². The molecule has 1 N–H and O–H groups in total. The summed E-state index contributed by atoms with van der Waals surface area (Å²) in [4.78, 5) is 31.4. The fourth-order valence-electron chi connectivity index (χ4n) is 3.58. The van der Waals surface area contributed by atoms with E-state index in [1.807, 2.05) is 24.5 Å². The van der Waals surface area contributed by atoms with Crippen molar-refractivity contribution in [2.24, 2.45) is 0 Å². The van der Waals surface area contributed by atoms with Gasteiger partial charge < -0.3 is 10.0 Å². The predicted octanol–water partition coefficient (Wildman–Crippen LogP) is 2.58. The van der Waals surface area contributed by atoms with Crippen molar-refractivity contribution in [2.45, 2.75) is 23.8 Å². The normalized spacial score (nSPS) is 19.1. The van der Waals surface area contributed by atoms with Crippen molar-refractivity contribution >= 4 is 23.6 Å². The summed E-state index contributed by atoms with van der Waals surface area (Å²) in [6, 6.07) is 5.44. The molecular formula is C16H15N3O3S. The zero-order valence-corrected chi connectivity index (χ0v) is 13.3. The van der Waals surface area contributed by atoms with E-state index in [1.165, 1.54) is 18.1 Å². The molecule has 1 aromatic heterocycles. The third-order valence-corrected chi connectivity index (χ3v) is 5.31. The van der Waals surface area contributed by atoms with Crippen LogP contribution in [0.1, 0.15) is 45.4 Å². The smallest absolute Gasteiger partial charge is 0.356 e. The van der Waals surface area contributed by atoms with Crippen molar-refractivity contribution in [1.82, 2.24) is 14.5 Å². The van der Waals surface area contributed by atoms with Crippen LogP contribution in [0.3, 0.4) is 0 Å². The molecule has 0 bridgehead atoms. The van der Waals surface area contributed by atoms with E-state index in [-0.39, 0.29) is 17.6 Å². The summed E-state index contributed by atoms with van der Waals surface area (Å²) in [6.07, 6.45) is 5.10. The molecule has 1 fully saturated rings. The van der Waals surface area contributed by atoms with E-state index >= 15 is 0 Å². The number of amides is 1. The standard InChI is InChI=1S/C16H15N3O3S/c1-23-11-6-2-4-9-12(11)15(20)18-7-3-5-10(18)14-13(16(21)22)17-8-19(9)14/h2,4,6,8,10H,3,5,7H2,1H3,(H,21,22)/t10-/m0/s1. The Morgan fingerprint density at radius 2 is 2.26 bits per heavy atom. The zero-order valence-electron chi connectivity index (χ0n) is 12.5. The fourth-order valence-corrected chi connectivity index (χ4v) is 4.19. The molecular weight excluding hydrogens is 314 g/mol. The number of imidazole rings is 1. The summed E-state index contributed by atoms with van der Waals surface area (Å²) in [7, 11) is 0. The molecule has 6 nitrogen and oxygen atoms in total. The van der Waals surface area contributed by atoms with Crippen LogP contribution in [-0.4, -0.2) is 44.2 Å². The molecule has 0 unspecified atom stereocenters. The summed E-state index contributed by atoms with van der Waals surface area (Å²) in [5.41, 5.74) is 2.00. The first-order valence-electron chi connectivity index (χ1n) is 7.42. The van der Waals surface area contributed by atoms with Gasteiger partial charge >= 0.3 is 5.97 Å². The first-order valence-corrected chi connectivity index (χ1v) is 8.65. The maximum Gasteiger partial charge on any atom is 0.356 e. The van der Waals surface area contributed by atoms with Crippen molar-refractivity contribution in [2.75, 3.05) is 12.8 Å². The molecule has 2 aromatic rings. The largest absolute Gasteiger partial charge is 0.476 e. The molecule has 4 rings (SSSR count). The maximum atomic E-state index is 13.1. The van der Waals surface area contributed by atoms with Crippen LogP contribution >= 0.6 is 11.8 Å². The van der Waals surface area contributed by atoms with Gasteiger partial charge in [-0.3, -0.25) is 9.36 Å². The molecule has 23 heavy (non-hydrogen) atoms. The molecule has 3 heterocycles. The van der Waals surface area contributed by atoms with Gasteiger partial charge in [-0.05, 0) is 31.2 Å². The van der Waals surface area contributed by atoms with Crippen LogP contribution in [0.4, 0.5) is 0 Å². The van der Waals surface area contributed by atoms with Crippen molar-refractivity contribution in [3.63, 3.8) is 0 Å². The number of carbonyl (C=O) groups is 2. The van der Waals surface area contributed by atoms with E-state index in [2.05, 4.69) is 4.98 Å². The Balaban J connectivity index is 2.06. The van der Waals surface area contributed by atoms with E-state index in [4.69, 9.17) is 0 Å². The Bertz CT molecular complexity index is 830. The zero-order chi connectivity index (χ0) is 16.1. The quantitative estimate of drug-likeness (QED) is 0.857. The molecule has 1 saturated heterocycles. The number of rotatable bonds is 2. The number of carboxylic acids is 1. The van der Waals surface area contributed by atoms with Crippen LogP contribution in [-0.2, 0) is 0 Å². The highest BCUT2D eigenvalue weighted by atomic mass is 32.2. The SMILES string of the molecule is CSc1cccc2c1C(=O)N1CCC[C@H]1c1c(C(=O)O)ncn1-2. The van der Waals surface area contributed by atoms with E-state index in [1.54, 1.807) is 9.47 Å². The monoisotopic (exact) mass is 329 g/mol. The molecule has 0 spiro atoms. The van der Waals surface area contributed by atoms with Crippen LogP contribution < -0.4 is 0 Å². The lowest BCUT2D eigenvalue weighted by atomic mass is 10.1. The first-order chi connectivity index (χ1) is 11.1. The third kappa shape index (κ3) is 1.92. The highest BCUT2D eigenvalue weighted by Gasteiger charge is 2.40. The third-order valence-electron chi connectivity index (χ3n) is 4.53. The van der Waals surface area contributed by atoms with Gasteiger partial charge in [0.05, 0.1) is 23.0 Å². The van der Waals surface area contributed by atoms with E-state index in [0.29, 0.717) is 23.5 Å². The highest BCUT2D eigenvalue weighted by Crippen LogP contribution is 2.41. The van der Waals surface area contributed by atoms with Gasteiger partial charge in [-0.2, -0.15) is 0 Å². The van der Waals surface area contributed by atoms with Crippen molar-refractivity contribution in [1.29, 1.82) is 0 Å². The number of hydrogen-bond donors (Lipinski definition) is 1. The Hall–Kier alpha value is -2.28. The number of thioether (sulfide) groups is 1. The second-order valence-corrected chi connectivity index (χ2v) is 6.51. The minimum Gasteiger partial charge on any atom is -0.476 e. The number of nitrogens with zero attached hydrogens (tertiary/aromatic N) is 3. The topological polar surface area (TPSA) is 75.4 Å². The molecule has 1 atom stereocenters. The van der Waals surface area contributed by atoms with Crippen molar-refractivity contribution in [3.05, 3.63) is 41.5 Å². The van der Waals surface area contributed by atoms with Gasteiger partial charge in [0.15, 0.2) is 5.69 Å². The van der Waals surface area contributed by atoms with E-state index in [0.717, 1.165) is 17.7 Å². The van der Waals surface area contributed by atoms with Gasteiger partial charge in [0, 0.05) is 11.4 Å². The number of fused-ring (bicyclic) bond motifs is 5. The molecule has 0 saturated carbocycles. The van der Waals surface area contributed by atoms with Crippen LogP contribution in [0.25, 0.3) is 5.69 Å². The Morgan fingerprint density at radius 1 is 1.43 bits per heavy atom. The minimum absolute atomic E-state index is 0.0208. The average molecular weight is 329 g/mol. The first kappa shape index (κ1) is 14.3. The molecule has 118 valence electrons.